The Labute approximate surface area is 187 Å². The molecule has 0 saturated heterocycles. The maximum Gasteiger partial charge on any atom is 0.253 e. The lowest BCUT2D eigenvalue weighted by Crippen LogP contribution is -2.43. The molecule has 1 heterocycles. The summed E-state index contributed by atoms with van der Waals surface area (Å²) >= 11 is 3.38. The summed E-state index contributed by atoms with van der Waals surface area (Å²) in [6, 6.07) is 18.3. The van der Waals surface area contributed by atoms with E-state index in [9.17, 15) is 14.7 Å². The van der Waals surface area contributed by atoms with Gasteiger partial charge in [-0.2, -0.15) is 0 Å². The van der Waals surface area contributed by atoms with Crippen LogP contribution < -0.4 is 14.8 Å². The van der Waals surface area contributed by atoms with Gasteiger partial charge in [-0.3, -0.25) is 9.59 Å². The second kappa shape index (κ2) is 9.22. The number of aromatic hydroxyl groups is 1. The van der Waals surface area contributed by atoms with Crippen LogP contribution in [0.4, 0.5) is 0 Å². The molecule has 3 aromatic rings. The number of halogens is 1. The van der Waals surface area contributed by atoms with Crippen LogP contribution >= 0.6 is 15.9 Å². The lowest BCUT2D eigenvalue weighted by Gasteiger charge is -2.19. The van der Waals surface area contributed by atoms with Gasteiger partial charge >= 0.3 is 0 Å². The van der Waals surface area contributed by atoms with Crippen molar-refractivity contribution in [3.05, 3.63) is 87.9 Å². The van der Waals surface area contributed by atoms with Crippen molar-refractivity contribution >= 4 is 27.6 Å². The van der Waals surface area contributed by atoms with Crippen LogP contribution in [0.15, 0.2) is 71.2 Å². The molecular weight excluding hydrogens is 462 g/mol. The Bertz CT molecular complexity index is 1110. The van der Waals surface area contributed by atoms with Crippen LogP contribution in [0.3, 0.4) is 0 Å². The van der Waals surface area contributed by atoms with Gasteiger partial charge in [0.25, 0.3) is 5.91 Å². The maximum absolute atomic E-state index is 13.3. The molecule has 2 N–H and O–H groups in total. The molecule has 158 valence electrons. The molecule has 4 rings (SSSR count). The van der Waals surface area contributed by atoms with Gasteiger partial charge in [-0.25, -0.2) is 0 Å². The normalized spacial score (nSPS) is 12.9. The highest BCUT2D eigenvalue weighted by molar-refractivity contribution is 9.10. The summed E-state index contributed by atoms with van der Waals surface area (Å²) in [6.45, 7) is 0.121. The van der Waals surface area contributed by atoms with E-state index in [0.29, 0.717) is 33.5 Å². The highest BCUT2D eigenvalue weighted by Gasteiger charge is 2.26. The number of amides is 1. The van der Waals surface area contributed by atoms with Crippen molar-refractivity contribution in [1.82, 2.24) is 5.32 Å². The van der Waals surface area contributed by atoms with Gasteiger partial charge in [-0.15, -0.1) is 0 Å². The fourth-order valence-electron chi connectivity index (χ4n) is 3.44. The first kappa shape index (κ1) is 20.9. The van der Waals surface area contributed by atoms with E-state index in [4.69, 9.17) is 9.47 Å². The van der Waals surface area contributed by atoms with Crippen LogP contribution in [0.25, 0.3) is 0 Å². The van der Waals surface area contributed by atoms with Gasteiger partial charge in [0.1, 0.15) is 5.75 Å². The molecule has 0 aliphatic carbocycles. The molecule has 0 saturated carbocycles. The summed E-state index contributed by atoms with van der Waals surface area (Å²) in [6.07, 6.45) is 0.382. The maximum atomic E-state index is 13.3. The molecular formula is C24H20BrNO5. The number of hydrogen-bond acceptors (Lipinski definition) is 5. The van der Waals surface area contributed by atoms with E-state index in [-0.39, 0.29) is 30.7 Å². The number of fused-ring (bicyclic) bond motifs is 1. The quantitative estimate of drug-likeness (QED) is 0.531. The second-order valence-corrected chi connectivity index (χ2v) is 8.02. The Morgan fingerprint density at radius 3 is 2.55 bits per heavy atom. The Hall–Kier alpha value is -3.32. The number of benzene rings is 3. The number of phenolic OH excluding ortho intramolecular Hbond substituents is 1. The second-order valence-electron chi connectivity index (χ2n) is 7.17. The number of phenols is 1. The minimum Gasteiger partial charge on any atom is -0.508 e. The van der Waals surface area contributed by atoms with Gasteiger partial charge in [-0.1, -0.05) is 36.4 Å². The predicted molar refractivity (Wildman–Crippen MR) is 118 cm³/mol. The molecule has 0 radical (unpaired) electrons. The van der Waals surface area contributed by atoms with Gasteiger partial charge in [0.05, 0.1) is 11.6 Å². The van der Waals surface area contributed by atoms with E-state index >= 15 is 0 Å². The molecule has 1 aliphatic rings. The lowest BCUT2D eigenvalue weighted by molar-refractivity contribution is -0.120. The van der Waals surface area contributed by atoms with E-state index in [1.165, 1.54) is 0 Å². The zero-order valence-corrected chi connectivity index (χ0v) is 18.1. The predicted octanol–water partition coefficient (Wildman–Crippen LogP) is 4.04. The first-order chi connectivity index (χ1) is 15.0. The van der Waals surface area contributed by atoms with Crippen molar-refractivity contribution in [2.45, 2.75) is 18.9 Å². The fraction of sp³-hybridized carbons (Fsp3) is 0.167. The van der Waals surface area contributed by atoms with Crippen molar-refractivity contribution < 1.29 is 24.2 Å². The zero-order valence-electron chi connectivity index (χ0n) is 16.5. The van der Waals surface area contributed by atoms with E-state index in [1.54, 1.807) is 48.5 Å². The van der Waals surface area contributed by atoms with Crippen LogP contribution in [0.5, 0.6) is 17.2 Å². The van der Waals surface area contributed by atoms with Crippen molar-refractivity contribution in [3.8, 4) is 17.2 Å². The van der Waals surface area contributed by atoms with Crippen LogP contribution in [0, 0.1) is 0 Å². The first-order valence-corrected chi connectivity index (χ1v) is 10.5. The van der Waals surface area contributed by atoms with Gasteiger partial charge in [-0.05, 0) is 58.2 Å². The van der Waals surface area contributed by atoms with Crippen molar-refractivity contribution in [2.75, 3.05) is 6.79 Å². The monoisotopic (exact) mass is 481 g/mol. The molecule has 0 bridgehead atoms. The standard InChI is InChI=1S/C24H20BrNO5/c25-19-6-2-1-5-18(19)24(29)26-20(12-15-8-10-17(27)11-9-15)21(28)13-16-4-3-7-22-23(16)31-14-30-22/h1-11,20,27H,12-14H2,(H,26,29). The number of hydrogen-bond donors (Lipinski definition) is 2. The first-order valence-electron chi connectivity index (χ1n) is 9.75. The lowest BCUT2D eigenvalue weighted by atomic mass is 9.96. The number of carbonyl (C=O) groups is 2. The number of ether oxygens (including phenoxy) is 2. The molecule has 7 heteroatoms. The third-order valence-corrected chi connectivity index (χ3v) is 5.72. The van der Waals surface area contributed by atoms with Gasteiger partial charge in [0, 0.05) is 16.5 Å². The van der Waals surface area contributed by atoms with Crippen molar-refractivity contribution in [3.63, 3.8) is 0 Å². The Morgan fingerprint density at radius 1 is 1.00 bits per heavy atom. The summed E-state index contributed by atoms with van der Waals surface area (Å²) in [5.74, 6) is 0.815. The number of Topliss-reactive ketones (excluding diaryl/α,β-unsaturated/α-hetero) is 1. The largest absolute Gasteiger partial charge is 0.508 e. The minimum atomic E-state index is -0.762. The van der Waals surface area contributed by atoms with Crippen LogP contribution in [0.1, 0.15) is 21.5 Å². The minimum absolute atomic E-state index is 0.0888. The smallest absolute Gasteiger partial charge is 0.253 e. The summed E-state index contributed by atoms with van der Waals surface area (Å²) < 4.78 is 11.6. The van der Waals surface area contributed by atoms with Crippen molar-refractivity contribution in [1.29, 1.82) is 0 Å². The average molecular weight is 482 g/mol. The summed E-state index contributed by atoms with van der Waals surface area (Å²) in [7, 11) is 0. The molecule has 1 aliphatic heterocycles. The highest BCUT2D eigenvalue weighted by atomic mass is 79.9. The van der Waals surface area contributed by atoms with Crippen LogP contribution in [-0.4, -0.2) is 29.6 Å². The third kappa shape index (κ3) is 4.88. The molecule has 31 heavy (non-hydrogen) atoms. The van der Waals surface area contributed by atoms with Gasteiger partial charge in [0.15, 0.2) is 17.3 Å². The summed E-state index contributed by atoms with van der Waals surface area (Å²) in [5, 5.41) is 12.4. The number of ketones is 1. The summed E-state index contributed by atoms with van der Waals surface area (Å²) in [5.41, 5.74) is 1.98. The molecule has 0 spiro atoms. The van der Waals surface area contributed by atoms with E-state index in [0.717, 1.165) is 5.56 Å². The van der Waals surface area contributed by atoms with Crippen molar-refractivity contribution in [2.24, 2.45) is 0 Å². The average Bonchev–Trinajstić information content (AvgIpc) is 3.25. The topological polar surface area (TPSA) is 84.9 Å². The molecule has 0 fully saturated rings. The molecule has 1 atom stereocenters. The van der Waals surface area contributed by atoms with Crippen LogP contribution in [0.2, 0.25) is 0 Å². The van der Waals surface area contributed by atoms with Gasteiger partial charge in [0.2, 0.25) is 6.79 Å². The highest BCUT2D eigenvalue weighted by Crippen LogP contribution is 2.35. The number of nitrogens with one attached hydrogen (secondary N) is 1. The van der Waals surface area contributed by atoms with E-state index < -0.39 is 6.04 Å². The van der Waals surface area contributed by atoms with Crippen LogP contribution in [-0.2, 0) is 17.6 Å². The molecule has 6 nitrogen and oxygen atoms in total. The molecule has 1 amide bonds. The summed E-state index contributed by atoms with van der Waals surface area (Å²) in [4.78, 5) is 26.1. The number of rotatable bonds is 7. The third-order valence-electron chi connectivity index (χ3n) is 5.03. The number of carbonyl (C=O) groups excluding carboxylic acids is 2. The molecule has 3 aromatic carbocycles. The van der Waals surface area contributed by atoms with E-state index in [1.807, 2.05) is 18.2 Å². The fourth-order valence-corrected chi connectivity index (χ4v) is 3.90. The Morgan fingerprint density at radius 2 is 1.77 bits per heavy atom. The van der Waals surface area contributed by atoms with E-state index in [2.05, 4.69) is 21.2 Å². The van der Waals surface area contributed by atoms with Gasteiger partial charge < -0.3 is 19.9 Å². The number of para-hydroxylation sites is 1. The SMILES string of the molecule is O=C(NC(Cc1ccc(O)cc1)C(=O)Cc1cccc2c1OCO2)c1ccccc1Br. The molecule has 0 aromatic heterocycles. The Kier molecular flexibility index (Phi) is 6.23. The molecule has 1 unspecified atom stereocenters. The Balaban J connectivity index is 1.57. The zero-order chi connectivity index (χ0) is 21.8.